The minimum atomic E-state index is -0.939. The van der Waals surface area contributed by atoms with Gasteiger partial charge in [0.05, 0.1) is 5.56 Å². The highest BCUT2D eigenvalue weighted by Gasteiger charge is 2.07. The number of rotatable bonds is 5. The molecule has 4 N–H and O–H groups in total. The highest BCUT2D eigenvalue weighted by atomic mass is 16.4. The van der Waals surface area contributed by atoms with Crippen LogP contribution in [0.4, 0.5) is 0 Å². The predicted molar refractivity (Wildman–Crippen MR) is 56.6 cm³/mol. The van der Waals surface area contributed by atoms with Crippen LogP contribution in [-0.2, 0) is 0 Å². The van der Waals surface area contributed by atoms with E-state index in [1.165, 1.54) is 12.1 Å². The molecule has 1 atom stereocenters. The molecule has 0 spiro atoms. The lowest BCUT2D eigenvalue weighted by atomic mass is 10.0. The second-order valence-electron chi connectivity index (χ2n) is 3.40. The first-order valence-corrected chi connectivity index (χ1v) is 4.85. The van der Waals surface area contributed by atoms with Crippen molar-refractivity contribution in [1.29, 1.82) is 0 Å². The lowest BCUT2D eigenvalue weighted by molar-refractivity contribution is 0.0697. The summed E-state index contributed by atoms with van der Waals surface area (Å²) in [5.41, 5.74) is 7.00. The van der Waals surface area contributed by atoms with Crippen LogP contribution in [0.15, 0.2) is 24.3 Å². The van der Waals surface area contributed by atoms with Gasteiger partial charge in [-0.05, 0) is 30.5 Å². The van der Waals surface area contributed by atoms with Crippen LogP contribution in [0.25, 0.3) is 0 Å². The number of aromatic carboxylic acids is 1. The molecule has 0 radical (unpaired) electrons. The Morgan fingerprint density at radius 3 is 2.40 bits per heavy atom. The van der Waals surface area contributed by atoms with E-state index in [9.17, 15) is 4.79 Å². The van der Waals surface area contributed by atoms with Crippen LogP contribution in [0.2, 0.25) is 0 Å². The molecule has 4 heteroatoms. The van der Waals surface area contributed by atoms with Crippen LogP contribution in [0.5, 0.6) is 0 Å². The van der Waals surface area contributed by atoms with Gasteiger partial charge in [-0.25, -0.2) is 4.79 Å². The SMILES string of the molecule is N[C@H](CCCO)c1ccc(C(=O)O)cc1. The number of carbonyl (C=O) groups is 1. The third-order valence-electron chi connectivity index (χ3n) is 2.26. The second-order valence-corrected chi connectivity index (χ2v) is 3.40. The predicted octanol–water partition coefficient (Wildman–Crippen LogP) is 1.16. The standard InChI is InChI=1S/C11H15NO3/c12-10(2-1-7-13)8-3-5-9(6-4-8)11(14)15/h3-6,10,13H,1-2,7,12H2,(H,14,15)/t10-/m1/s1. The summed E-state index contributed by atoms with van der Waals surface area (Å²) in [5, 5.41) is 17.3. The molecule has 0 aliphatic heterocycles. The zero-order chi connectivity index (χ0) is 11.3. The van der Waals surface area contributed by atoms with E-state index in [0.29, 0.717) is 12.8 Å². The lowest BCUT2D eigenvalue weighted by Crippen LogP contribution is -2.11. The number of carboxylic acid groups (broad SMARTS) is 1. The van der Waals surface area contributed by atoms with Crippen LogP contribution < -0.4 is 5.73 Å². The third-order valence-corrected chi connectivity index (χ3v) is 2.26. The van der Waals surface area contributed by atoms with Crippen molar-refractivity contribution in [3.63, 3.8) is 0 Å². The Balaban J connectivity index is 2.66. The topological polar surface area (TPSA) is 83.5 Å². The van der Waals surface area contributed by atoms with Gasteiger partial charge < -0.3 is 15.9 Å². The fourth-order valence-corrected chi connectivity index (χ4v) is 1.35. The van der Waals surface area contributed by atoms with Crippen molar-refractivity contribution >= 4 is 5.97 Å². The Labute approximate surface area is 88.3 Å². The molecule has 15 heavy (non-hydrogen) atoms. The Morgan fingerprint density at radius 1 is 1.33 bits per heavy atom. The van der Waals surface area contributed by atoms with Crippen molar-refractivity contribution < 1.29 is 15.0 Å². The van der Waals surface area contributed by atoms with Gasteiger partial charge in [-0.1, -0.05) is 12.1 Å². The summed E-state index contributed by atoms with van der Waals surface area (Å²) in [5.74, 6) is -0.939. The highest BCUT2D eigenvalue weighted by molar-refractivity contribution is 5.87. The van der Waals surface area contributed by atoms with Gasteiger partial charge in [0.2, 0.25) is 0 Å². The maximum Gasteiger partial charge on any atom is 0.335 e. The minimum Gasteiger partial charge on any atom is -0.478 e. The average molecular weight is 209 g/mol. The molecule has 1 rings (SSSR count). The molecule has 0 heterocycles. The molecule has 0 bridgehead atoms. The van der Waals surface area contributed by atoms with Gasteiger partial charge in [-0.3, -0.25) is 0 Å². The number of benzene rings is 1. The van der Waals surface area contributed by atoms with Crippen molar-refractivity contribution in [3.05, 3.63) is 35.4 Å². The number of hydrogen-bond donors (Lipinski definition) is 3. The fraction of sp³-hybridized carbons (Fsp3) is 0.364. The van der Waals surface area contributed by atoms with E-state index >= 15 is 0 Å². The monoisotopic (exact) mass is 209 g/mol. The molecule has 0 saturated heterocycles. The molecule has 1 aromatic carbocycles. The van der Waals surface area contributed by atoms with Crippen LogP contribution in [-0.4, -0.2) is 22.8 Å². The summed E-state index contributed by atoms with van der Waals surface area (Å²) in [6.45, 7) is 0.126. The van der Waals surface area contributed by atoms with E-state index in [2.05, 4.69) is 0 Å². The van der Waals surface area contributed by atoms with Gasteiger partial charge in [0.25, 0.3) is 0 Å². The van der Waals surface area contributed by atoms with Gasteiger partial charge in [0.1, 0.15) is 0 Å². The minimum absolute atomic E-state index is 0.126. The fourth-order valence-electron chi connectivity index (χ4n) is 1.35. The Morgan fingerprint density at radius 2 is 1.93 bits per heavy atom. The Hall–Kier alpha value is -1.39. The molecule has 0 aromatic heterocycles. The number of aliphatic hydroxyl groups is 1. The van der Waals surface area contributed by atoms with Crippen molar-refractivity contribution in [3.8, 4) is 0 Å². The summed E-state index contributed by atoms with van der Waals surface area (Å²) >= 11 is 0. The number of aliphatic hydroxyl groups excluding tert-OH is 1. The molecule has 0 unspecified atom stereocenters. The first kappa shape index (κ1) is 11.7. The van der Waals surface area contributed by atoms with E-state index in [1.54, 1.807) is 12.1 Å². The normalized spacial score (nSPS) is 12.4. The molecule has 1 aromatic rings. The van der Waals surface area contributed by atoms with Gasteiger partial charge in [0, 0.05) is 12.6 Å². The molecular formula is C11H15NO3. The van der Waals surface area contributed by atoms with E-state index in [1.807, 2.05) is 0 Å². The summed E-state index contributed by atoms with van der Waals surface area (Å²) in [4.78, 5) is 10.6. The van der Waals surface area contributed by atoms with E-state index < -0.39 is 5.97 Å². The van der Waals surface area contributed by atoms with E-state index in [-0.39, 0.29) is 18.2 Å². The summed E-state index contributed by atoms with van der Waals surface area (Å²) in [7, 11) is 0. The zero-order valence-electron chi connectivity index (χ0n) is 8.39. The van der Waals surface area contributed by atoms with Crippen LogP contribution >= 0.6 is 0 Å². The van der Waals surface area contributed by atoms with E-state index in [0.717, 1.165) is 5.56 Å². The molecule has 0 fully saturated rings. The summed E-state index contributed by atoms with van der Waals surface area (Å²) < 4.78 is 0. The highest BCUT2D eigenvalue weighted by Crippen LogP contribution is 2.16. The van der Waals surface area contributed by atoms with Gasteiger partial charge in [0.15, 0.2) is 0 Å². The molecule has 0 aliphatic rings. The van der Waals surface area contributed by atoms with Crippen molar-refractivity contribution in [2.75, 3.05) is 6.61 Å². The first-order chi connectivity index (χ1) is 7.15. The maximum absolute atomic E-state index is 10.6. The van der Waals surface area contributed by atoms with Gasteiger partial charge >= 0.3 is 5.97 Å². The quantitative estimate of drug-likeness (QED) is 0.679. The number of hydrogen-bond acceptors (Lipinski definition) is 3. The third kappa shape index (κ3) is 3.34. The lowest BCUT2D eigenvalue weighted by Gasteiger charge is -2.10. The smallest absolute Gasteiger partial charge is 0.335 e. The average Bonchev–Trinajstić information content (AvgIpc) is 2.26. The molecule has 0 saturated carbocycles. The Kier molecular flexibility index (Phi) is 4.27. The second kappa shape index (κ2) is 5.48. The summed E-state index contributed by atoms with van der Waals surface area (Å²) in [6, 6.07) is 6.37. The van der Waals surface area contributed by atoms with Crippen molar-refractivity contribution in [1.82, 2.24) is 0 Å². The number of carboxylic acids is 1. The molecule has 0 aliphatic carbocycles. The first-order valence-electron chi connectivity index (χ1n) is 4.85. The molecular weight excluding hydrogens is 194 g/mol. The van der Waals surface area contributed by atoms with Crippen LogP contribution in [0.1, 0.15) is 34.8 Å². The molecule has 4 nitrogen and oxygen atoms in total. The van der Waals surface area contributed by atoms with E-state index in [4.69, 9.17) is 15.9 Å². The number of nitrogens with two attached hydrogens (primary N) is 1. The van der Waals surface area contributed by atoms with Crippen LogP contribution in [0, 0.1) is 0 Å². The maximum atomic E-state index is 10.6. The van der Waals surface area contributed by atoms with Gasteiger partial charge in [-0.15, -0.1) is 0 Å². The van der Waals surface area contributed by atoms with Crippen molar-refractivity contribution in [2.45, 2.75) is 18.9 Å². The Bertz CT molecular complexity index is 321. The largest absolute Gasteiger partial charge is 0.478 e. The van der Waals surface area contributed by atoms with Crippen LogP contribution in [0.3, 0.4) is 0 Å². The van der Waals surface area contributed by atoms with Crippen molar-refractivity contribution in [2.24, 2.45) is 5.73 Å². The molecule has 0 amide bonds. The summed E-state index contributed by atoms with van der Waals surface area (Å²) in [6.07, 6.45) is 1.35. The van der Waals surface area contributed by atoms with Gasteiger partial charge in [-0.2, -0.15) is 0 Å². The zero-order valence-corrected chi connectivity index (χ0v) is 8.39. The molecule has 82 valence electrons.